The molecule has 73 heavy (non-hydrogen) atoms. The summed E-state index contributed by atoms with van der Waals surface area (Å²) in [5, 5.41) is 24.4. The molecule has 13 rings (SSSR count). The zero-order valence-electron chi connectivity index (χ0n) is 41.9. The Morgan fingerprint density at radius 2 is 0.767 bits per heavy atom. The third-order valence-electron chi connectivity index (χ3n) is 16.3. The fourth-order valence-corrected chi connectivity index (χ4v) is 13.3. The summed E-state index contributed by atoms with van der Waals surface area (Å²) in [6, 6.07) is 57.2. The van der Waals surface area contributed by atoms with Crippen molar-refractivity contribution >= 4 is 68.2 Å². The molecule has 0 spiro atoms. The summed E-state index contributed by atoms with van der Waals surface area (Å²) in [5.41, 5.74) is 21.9. The van der Waals surface area contributed by atoms with Crippen molar-refractivity contribution < 1.29 is 0 Å². The van der Waals surface area contributed by atoms with E-state index in [4.69, 9.17) is 9.97 Å². The van der Waals surface area contributed by atoms with Crippen molar-refractivity contribution in [3.63, 3.8) is 0 Å². The monoisotopic (exact) mass is 944 g/mol. The first-order chi connectivity index (χ1) is 35.5. The third kappa shape index (κ3) is 6.36. The molecule has 8 nitrogen and oxygen atoms in total. The number of anilines is 12. The Balaban J connectivity index is 1.19. The van der Waals surface area contributed by atoms with Crippen molar-refractivity contribution in [3.05, 3.63) is 215 Å². The first kappa shape index (κ1) is 44.0. The van der Waals surface area contributed by atoms with Gasteiger partial charge in [-0.2, -0.15) is 10.5 Å². The predicted octanol–water partition coefficient (Wildman–Crippen LogP) is 17.0. The van der Waals surface area contributed by atoms with Gasteiger partial charge in [0.1, 0.15) is 12.1 Å². The van der Waals surface area contributed by atoms with Crippen LogP contribution in [0.25, 0.3) is 22.3 Å². The fourth-order valence-electron chi connectivity index (χ4n) is 13.3. The van der Waals surface area contributed by atoms with Crippen LogP contribution in [0.15, 0.2) is 170 Å². The number of aromatic nitrogens is 2. The van der Waals surface area contributed by atoms with Crippen LogP contribution in [0.5, 0.6) is 0 Å². The molecule has 4 heterocycles. The first-order valence-corrected chi connectivity index (χ1v) is 25.2. The van der Waals surface area contributed by atoms with Crippen molar-refractivity contribution in [2.45, 2.75) is 71.6 Å². The summed E-state index contributed by atoms with van der Waals surface area (Å²) >= 11 is 0. The van der Waals surface area contributed by atoms with Crippen LogP contribution in [0.4, 0.5) is 68.2 Å². The number of nitriles is 2. The number of benzene rings is 7. The molecule has 0 saturated heterocycles. The van der Waals surface area contributed by atoms with Crippen LogP contribution in [-0.2, 0) is 10.8 Å². The van der Waals surface area contributed by atoms with Gasteiger partial charge in [0.05, 0.1) is 91.8 Å². The van der Waals surface area contributed by atoms with Gasteiger partial charge in [-0.1, -0.05) is 123 Å². The van der Waals surface area contributed by atoms with Crippen molar-refractivity contribution in [2.75, 3.05) is 19.6 Å². The zero-order chi connectivity index (χ0) is 49.9. The normalized spacial score (nSPS) is 17.8. The van der Waals surface area contributed by atoms with Crippen molar-refractivity contribution in [3.8, 4) is 34.4 Å². The quantitative estimate of drug-likeness (QED) is 0.163. The lowest BCUT2D eigenvalue weighted by Gasteiger charge is -2.46. The molecule has 0 radical (unpaired) electrons. The van der Waals surface area contributed by atoms with E-state index in [1.54, 1.807) is 0 Å². The maximum atomic E-state index is 12.2. The summed E-state index contributed by atoms with van der Waals surface area (Å²) in [5.74, 6) is 0. The highest BCUT2D eigenvalue weighted by molar-refractivity contribution is 6.11. The number of hydrogen-bond donors (Lipinski definition) is 0. The van der Waals surface area contributed by atoms with Gasteiger partial charge in [-0.15, -0.1) is 0 Å². The van der Waals surface area contributed by atoms with E-state index in [0.717, 1.165) is 132 Å². The van der Waals surface area contributed by atoms with Gasteiger partial charge in [-0.25, -0.2) is 0 Å². The van der Waals surface area contributed by atoms with Crippen molar-refractivity contribution in [2.24, 2.45) is 0 Å². The molecule has 2 bridgehead atoms. The number of fused-ring (bicyclic) bond motifs is 9. The van der Waals surface area contributed by atoms with Crippen LogP contribution in [-0.4, -0.2) is 9.97 Å². The second-order valence-electron chi connectivity index (χ2n) is 20.9. The molecular formula is C65H52N8. The maximum Gasteiger partial charge on any atom is 0.102 e. The molecule has 2 aromatic heterocycles. The summed E-state index contributed by atoms with van der Waals surface area (Å²) in [4.78, 5) is 19.0. The number of pyridine rings is 2. The van der Waals surface area contributed by atoms with Gasteiger partial charge < -0.3 is 19.6 Å². The molecule has 352 valence electrons. The molecule has 8 heteroatoms. The number of hydrogen-bond acceptors (Lipinski definition) is 8. The van der Waals surface area contributed by atoms with Crippen LogP contribution in [0.2, 0.25) is 0 Å². The Morgan fingerprint density at radius 1 is 0.397 bits per heavy atom. The second kappa shape index (κ2) is 16.3. The van der Waals surface area contributed by atoms with E-state index in [-0.39, 0.29) is 10.8 Å². The fraction of sp³-hybridized carbons (Fsp3) is 0.169. The number of para-hydroxylation sites is 2. The maximum absolute atomic E-state index is 12.2. The van der Waals surface area contributed by atoms with Gasteiger partial charge in [0.15, 0.2) is 0 Å². The lowest BCUT2D eigenvalue weighted by molar-refractivity contribution is 0.483. The van der Waals surface area contributed by atoms with Crippen LogP contribution in [0, 0.1) is 50.4 Å². The summed E-state index contributed by atoms with van der Waals surface area (Å²) in [6.45, 7) is 13.3. The second-order valence-corrected chi connectivity index (χ2v) is 20.9. The highest BCUT2D eigenvalue weighted by atomic mass is 15.3. The SMILES string of the molecule is Cc1cccc(C)c1N1c2cnccc2N(c2c(C#N)c3c(c(C#N)c2N2c4ccncc4N(c4c(C)cccc4C)c4cc(-c5ccccc5)ccc42)C2(C)CCC3(C)C2)c2ccc(-c3ccccc3)cc21. The largest absolute Gasteiger partial charge is 0.304 e. The first-order valence-electron chi connectivity index (χ1n) is 25.2. The van der Waals surface area contributed by atoms with E-state index < -0.39 is 0 Å². The Kier molecular flexibility index (Phi) is 9.81. The van der Waals surface area contributed by atoms with Gasteiger partial charge in [-0.05, 0) is 150 Å². The van der Waals surface area contributed by atoms with Gasteiger partial charge >= 0.3 is 0 Å². The summed E-state index contributed by atoms with van der Waals surface area (Å²) in [6.07, 6.45) is 10.3. The summed E-state index contributed by atoms with van der Waals surface area (Å²) < 4.78 is 0. The van der Waals surface area contributed by atoms with Crippen molar-refractivity contribution in [1.29, 1.82) is 10.5 Å². The minimum absolute atomic E-state index is 0.319. The summed E-state index contributed by atoms with van der Waals surface area (Å²) in [7, 11) is 0. The van der Waals surface area contributed by atoms with E-state index in [0.29, 0.717) is 22.5 Å². The smallest absolute Gasteiger partial charge is 0.102 e. The number of rotatable bonds is 6. The van der Waals surface area contributed by atoms with Gasteiger partial charge in [-0.3, -0.25) is 9.97 Å². The van der Waals surface area contributed by atoms with Gasteiger partial charge in [0.25, 0.3) is 0 Å². The highest BCUT2D eigenvalue weighted by Gasteiger charge is 2.57. The van der Waals surface area contributed by atoms with Crippen LogP contribution in [0.1, 0.15) is 77.6 Å². The number of nitrogens with zero attached hydrogens (tertiary/aromatic N) is 8. The molecule has 1 fully saturated rings. The zero-order valence-corrected chi connectivity index (χ0v) is 41.9. The minimum atomic E-state index is -0.319. The van der Waals surface area contributed by atoms with Gasteiger partial charge in [0.2, 0.25) is 0 Å². The molecule has 4 aliphatic rings. The topological polar surface area (TPSA) is 86.3 Å². The van der Waals surface area contributed by atoms with Crippen LogP contribution < -0.4 is 19.6 Å². The van der Waals surface area contributed by atoms with Crippen LogP contribution >= 0.6 is 0 Å². The average Bonchev–Trinajstić information content (AvgIpc) is 3.86. The third-order valence-corrected chi connectivity index (χ3v) is 16.3. The Hall–Kier alpha value is -8.98. The molecule has 2 aliphatic heterocycles. The molecule has 0 amide bonds. The average molecular weight is 945 g/mol. The van der Waals surface area contributed by atoms with Crippen LogP contribution in [0.3, 0.4) is 0 Å². The molecule has 7 aromatic carbocycles. The standard InChI is InChI=1S/C65H52N8/c1-40-15-13-16-41(2)60(40)72-54-33-46(44-19-9-7-10-20-44)23-25-50(54)70(52-27-31-68-37-56(52)72)62-48(35-66)58-59(65(6)30-29-64(58,5)39-65)49(36-67)63(62)71-51-26-24-47(45-21-11-8-12-22-45)34-55(51)73(57-38-69-32-28-53(57)71)61-42(3)17-14-18-43(61)4/h7-28,31-34,37-38H,29-30,39H2,1-6H3. The van der Waals surface area contributed by atoms with Gasteiger partial charge in [0, 0.05) is 12.4 Å². The van der Waals surface area contributed by atoms with E-state index in [2.05, 4.69) is 207 Å². The van der Waals surface area contributed by atoms with E-state index in [1.165, 1.54) is 0 Å². The molecule has 2 aliphatic carbocycles. The molecule has 2 unspecified atom stereocenters. The predicted molar refractivity (Wildman–Crippen MR) is 296 cm³/mol. The van der Waals surface area contributed by atoms with Crippen molar-refractivity contribution in [1.82, 2.24) is 9.97 Å². The molecule has 1 saturated carbocycles. The Labute approximate surface area is 427 Å². The lowest BCUT2D eigenvalue weighted by atomic mass is 9.73. The number of aryl methyl sites for hydroxylation is 4. The Bertz CT molecular complexity index is 3580. The Morgan fingerprint density at radius 3 is 1.15 bits per heavy atom. The molecule has 2 atom stereocenters. The molecular weight excluding hydrogens is 893 g/mol. The van der Waals surface area contributed by atoms with E-state index in [9.17, 15) is 10.5 Å². The van der Waals surface area contributed by atoms with E-state index >= 15 is 0 Å². The minimum Gasteiger partial charge on any atom is -0.304 e. The van der Waals surface area contributed by atoms with E-state index in [1.807, 2.05) is 36.9 Å². The lowest BCUT2D eigenvalue weighted by Crippen LogP contribution is -2.31. The molecule has 9 aromatic rings. The highest BCUT2D eigenvalue weighted by Crippen LogP contribution is 2.69. The molecule has 0 N–H and O–H groups in total.